The Balaban J connectivity index is 1.14. The number of aromatic nitrogens is 4. The van der Waals surface area contributed by atoms with Crippen LogP contribution in [-0.2, 0) is 0 Å². The standard InChI is InChI=1S/C62H38N4/c1-5-21-46-39(17-1)33-40-18-2-6-22-47(40)60(46)54-38-55(61-48-23-7-3-19-41(48)34-42-20-4-8-24-49(42)61)64-62(63-54)43-35-44(65-56-29-13-9-25-50(56)51-26-10-14-30-57(51)65)37-45(36-43)66-58-31-15-11-27-52(58)53-28-12-16-32-59(53)66/h1-38H. The maximum absolute atomic E-state index is 5.72. The third-order valence-electron chi connectivity index (χ3n) is 13.6. The molecular weight excluding hydrogens is 801 g/mol. The number of hydrogen-bond acceptors (Lipinski definition) is 2. The van der Waals surface area contributed by atoms with E-state index in [1.807, 2.05) is 0 Å². The molecule has 0 spiro atoms. The lowest BCUT2D eigenvalue weighted by atomic mass is 9.92. The first-order valence-electron chi connectivity index (χ1n) is 22.6. The van der Waals surface area contributed by atoms with Crippen LogP contribution in [0.2, 0.25) is 0 Å². The molecule has 0 bridgehead atoms. The molecule has 0 amide bonds. The molecule has 0 aliphatic heterocycles. The van der Waals surface area contributed by atoms with Crippen molar-refractivity contribution in [2.75, 3.05) is 0 Å². The molecule has 0 unspecified atom stereocenters. The van der Waals surface area contributed by atoms with E-state index in [1.54, 1.807) is 0 Å². The van der Waals surface area contributed by atoms with Crippen molar-refractivity contribution in [2.24, 2.45) is 0 Å². The van der Waals surface area contributed by atoms with Gasteiger partial charge in [0.05, 0.1) is 33.5 Å². The zero-order chi connectivity index (χ0) is 43.3. The van der Waals surface area contributed by atoms with Crippen LogP contribution in [0.4, 0.5) is 0 Å². The van der Waals surface area contributed by atoms with Crippen molar-refractivity contribution in [1.29, 1.82) is 0 Å². The van der Waals surface area contributed by atoms with E-state index in [9.17, 15) is 0 Å². The second-order valence-electron chi connectivity index (χ2n) is 17.3. The summed E-state index contributed by atoms with van der Waals surface area (Å²) in [6.07, 6.45) is 0. The van der Waals surface area contributed by atoms with Crippen LogP contribution in [0.1, 0.15) is 0 Å². The van der Waals surface area contributed by atoms with Gasteiger partial charge in [0.2, 0.25) is 0 Å². The molecular formula is C62H38N4. The molecule has 0 fully saturated rings. The molecule has 0 N–H and O–H groups in total. The van der Waals surface area contributed by atoms with Crippen molar-refractivity contribution >= 4 is 86.7 Å². The topological polar surface area (TPSA) is 35.6 Å². The molecule has 0 aliphatic carbocycles. The summed E-state index contributed by atoms with van der Waals surface area (Å²) in [7, 11) is 0. The van der Waals surface area contributed by atoms with E-state index >= 15 is 0 Å². The van der Waals surface area contributed by atoms with Crippen LogP contribution in [0.3, 0.4) is 0 Å². The molecule has 0 aliphatic rings. The fourth-order valence-corrected chi connectivity index (χ4v) is 10.8. The van der Waals surface area contributed by atoms with Crippen molar-refractivity contribution in [2.45, 2.75) is 0 Å². The van der Waals surface area contributed by atoms with Gasteiger partial charge in [-0.3, -0.25) is 0 Å². The minimum atomic E-state index is 0.654. The first kappa shape index (κ1) is 36.6. The predicted octanol–water partition coefficient (Wildman–Crippen LogP) is 16.3. The Morgan fingerprint density at radius 3 is 0.879 bits per heavy atom. The number of nitrogens with zero attached hydrogens (tertiary/aromatic N) is 4. The fraction of sp³-hybridized carbons (Fsp3) is 0. The Hall–Kier alpha value is -8.86. The average molecular weight is 839 g/mol. The van der Waals surface area contributed by atoms with Gasteiger partial charge in [-0.05, 0) is 104 Å². The number of para-hydroxylation sites is 4. The van der Waals surface area contributed by atoms with Crippen molar-refractivity contribution in [3.63, 3.8) is 0 Å². The van der Waals surface area contributed by atoms with Gasteiger partial charge in [0.25, 0.3) is 0 Å². The van der Waals surface area contributed by atoms with Crippen LogP contribution in [0.15, 0.2) is 231 Å². The molecule has 66 heavy (non-hydrogen) atoms. The summed E-state index contributed by atoms with van der Waals surface area (Å²) >= 11 is 0. The maximum Gasteiger partial charge on any atom is 0.160 e. The first-order chi connectivity index (χ1) is 32.7. The highest BCUT2D eigenvalue weighted by Crippen LogP contribution is 2.43. The zero-order valence-corrected chi connectivity index (χ0v) is 35.7. The molecule has 0 atom stereocenters. The van der Waals surface area contributed by atoms with Crippen LogP contribution in [0, 0.1) is 0 Å². The zero-order valence-electron chi connectivity index (χ0n) is 35.7. The third kappa shape index (κ3) is 5.52. The summed E-state index contributed by atoms with van der Waals surface area (Å²) in [5.74, 6) is 0.654. The van der Waals surface area contributed by atoms with Crippen molar-refractivity contribution in [3.8, 4) is 45.3 Å². The second kappa shape index (κ2) is 14.3. The number of benzene rings is 11. The summed E-state index contributed by atoms with van der Waals surface area (Å²) in [4.78, 5) is 11.4. The highest BCUT2D eigenvalue weighted by molar-refractivity contribution is 6.15. The molecule has 11 aromatic carbocycles. The van der Waals surface area contributed by atoms with Gasteiger partial charge in [-0.2, -0.15) is 0 Å². The number of fused-ring (bicyclic) bond motifs is 10. The quantitative estimate of drug-likeness (QED) is 0.162. The summed E-state index contributed by atoms with van der Waals surface area (Å²) in [5, 5.41) is 14.1. The Kier molecular flexibility index (Phi) is 7.95. The molecule has 0 radical (unpaired) electrons. The lowest BCUT2D eigenvalue weighted by molar-refractivity contribution is 1.12. The van der Waals surface area contributed by atoms with Crippen LogP contribution >= 0.6 is 0 Å². The molecule has 0 saturated heterocycles. The van der Waals surface area contributed by atoms with Crippen LogP contribution in [0.5, 0.6) is 0 Å². The Morgan fingerprint density at radius 1 is 0.258 bits per heavy atom. The minimum Gasteiger partial charge on any atom is -0.309 e. The summed E-state index contributed by atoms with van der Waals surface area (Å²) in [5.41, 5.74) is 11.5. The van der Waals surface area contributed by atoms with Crippen molar-refractivity contribution < 1.29 is 0 Å². The van der Waals surface area contributed by atoms with Gasteiger partial charge in [0, 0.05) is 49.6 Å². The first-order valence-corrected chi connectivity index (χ1v) is 22.6. The Morgan fingerprint density at radius 2 is 0.545 bits per heavy atom. The third-order valence-corrected chi connectivity index (χ3v) is 13.6. The van der Waals surface area contributed by atoms with Crippen LogP contribution < -0.4 is 0 Å². The van der Waals surface area contributed by atoms with Gasteiger partial charge in [-0.1, -0.05) is 170 Å². The van der Waals surface area contributed by atoms with E-state index in [-0.39, 0.29) is 0 Å². The van der Waals surface area contributed by atoms with Gasteiger partial charge in [0.15, 0.2) is 5.82 Å². The van der Waals surface area contributed by atoms with Gasteiger partial charge in [0.1, 0.15) is 0 Å². The predicted molar refractivity (Wildman–Crippen MR) is 277 cm³/mol. The maximum atomic E-state index is 5.72. The Bertz CT molecular complexity index is 3820. The lowest BCUT2D eigenvalue weighted by Crippen LogP contribution is -2.02. The molecule has 4 heteroatoms. The lowest BCUT2D eigenvalue weighted by Gasteiger charge is -2.18. The van der Waals surface area contributed by atoms with E-state index in [1.165, 1.54) is 43.1 Å². The van der Waals surface area contributed by atoms with E-state index in [0.29, 0.717) is 5.82 Å². The van der Waals surface area contributed by atoms with Crippen molar-refractivity contribution in [1.82, 2.24) is 19.1 Å². The monoisotopic (exact) mass is 838 g/mol. The summed E-state index contributed by atoms with van der Waals surface area (Å²) in [6.45, 7) is 0. The fourth-order valence-electron chi connectivity index (χ4n) is 10.8. The summed E-state index contributed by atoms with van der Waals surface area (Å²) < 4.78 is 4.82. The summed E-state index contributed by atoms with van der Waals surface area (Å²) in [6, 6.07) is 83.4. The molecule has 14 rings (SSSR count). The highest BCUT2D eigenvalue weighted by atomic mass is 15.0. The van der Waals surface area contributed by atoms with Gasteiger partial charge >= 0.3 is 0 Å². The molecule has 0 saturated carbocycles. The molecule has 4 nitrogen and oxygen atoms in total. The van der Waals surface area contributed by atoms with E-state index in [4.69, 9.17) is 9.97 Å². The second-order valence-corrected chi connectivity index (χ2v) is 17.3. The van der Waals surface area contributed by atoms with Crippen molar-refractivity contribution in [3.05, 3.63) is 231 Å². The largest absolute Gasteiger partial charge is 0.309 e. The Labute approximate surface area is 379 Å². The van der Waals surface area contributed by atoms with E-state index < -0.39 is 0 Å². The molecule has 3 heterocycles. The van der Waals surface area contributed by atoms with E-state index in [2.05, 4.69) is 240 Å². The van der Waals surface area contributed by atoms with Gasteiger partial charge in [-0.15, -0.1) is 0 Å². The van der Waals surface area contributed by atoms with Gasteiger partial charge in [-0.25, -0.2) is 9.97 Å². The molecule has 306 valence electrons. The van der Waals surface area contributed by atoms with Gasteiger partial charge < -0.3 is 9.13 Å². The smallest absolute Gasteiger partial charge is 0.160 e. The SMILES string of the molecule is c1ccc2c(-c3cc(-c4c5ccccc5cc5ccccc45)nc(-c4cc(-n5c6ccccc6c6ccccc65)cc(-n5c6ccccc6c6ccccc65)c4)n3)c3ccccc3cc2c1. The van der Waals surface area contributed by atoms with Crippen LogP contribution in [0.25, 0.3) is 132 Å². The molecule has 3 aromatic heterocycles. The highest BCUT2D eigenvalue weighted by Gasteiger charge is 2.22. The normalized spacial score (nSPS) is 11.9. The minimum absolute atomic E-state index is 0.654. The molecule has 14 aromatic rings. The van der Waals surface area contributed by atoms with Crippen LogP contribution in [-0.4, -0.2) is 19.1 Å². The number of hydrogen-bond donors (Lipinski definition) is 0. The number of rotatable bonds is 5. The van der Waals surface area contributed by atoms with E-state index in [0.717, 1.165) is 83.1 Å². The average Bonchev–Trinajstić information content (AvgIpc) is 3.90.